The Morgan fingerprint density at radius 3 is 2.67 bits per heavy atom. The normalized spacial score (nSPS) is 12.7. The lowest BCUT2D eigenvalue weighted by atomic mass is 10.1. The van der Waals surface area contributed by atoms with E-state index in [0.717, 1.165) is 22.4 Å². The Morgan fingerprint density at radius 1 is 1.11 bits per heavy atom. The van der Waals surface area contributed by atoms with E-state index in [-0.39, 0.29) is 0 Å². The zero-order chi connectivity index (χ0) is 12.4. The molecule has 18 heavy (non-hydrogen) atoms. The molecular formula is C14H13N3O. The number of hydrogen-bond acceptors (Lipinski definition) is 3. The third-order valence-corrected chi connectivity index (χ3v) is 2.92. The van der Waals surface area contributed by atoms with Gasteiger partial charge >= 0.3 is 0 Å². The van der Waals surface area contributed by atoms with Crippen LogP contribution in [0.3, 0.4) is 0 Å². The van der Waals surface area contributed by atoms with Gasteiger partial charge in [-0.2, -0.15) is 0 Å². The highest BCUT2D eigenvalue weighted by atomic mass is 16.3. The number of nitrogens with one attached hydrogen (secondary N) is 1. The second-order valence-corrected chi connectivity index (χ2v) is 4.20. The molecule has 0 fully saturated rings. The van der Waals surface area contributed by atoms with E-state index in [1.807, 2.05) is 36.4 Å². The third-order valence-electron chi connectivity index (χ3n) is 2.92. The Labute approximate surface area is 104 Å². The van der Waals surface area contributed by atoms with Crippen LogP contribution in [0.5, 0.6) is 0 Å². The number of nitrogens with zero attached hydrogens (tertiary/aromatic N) is 2. The van der Waals surface area contributed by atoms with Gasteiger partial charge in [-0.25, -0.2) is 4.98 Å². The Morgan fingerprint density at radius 2 is 1.89 bits per heavy atom. The van der Waals surface area contributed by atoms with Crippen LogP contribution in [0, 0.1) is 0 Å². The molecule has 0 bridgehead atoms. The van der Waals surface area contributed by atoms with Crippen molar-refractivity contribution >= 4 is 11.0 Å². The molecule has 2 heterocycles. The number of aromatic amines is 1. The number of benzene rings is 1. The average molecular weight is 239 g/mol. The SMILES string of the molecule is O[C@@H](Cc1nc2ccccc2[nH]1)c1ccncc1. The molecular weight excluding hydrogens is 226 g/mol. The topological polar surface area (TPSA) is 61.8 Å². The fraction of sp³-hybridized carbons (Fsp3) is 0.143. The van der Waals surface area contributed by atoms with Gasteiger partial charge in [0.25, 0.3) is 0 Å². The lowest BCUT2D eigenvalue weighted by Gasteiger charge is -2.08. The molecule has 0 aliphatic heterocycles. The summed E-state index contributed by atoms with van der Waals surface area (Å²) in [6, 6.07) is 11.5. The lowest BCUT2D eigenvalue weighted by Crippen LogP contribution is -2.03. The fourth-order valence-electron chi connectivity index (χ4n) is 1.99. The van der Waals surface area contributed by atoms with Crippen LogP contribution >= 0.6 is 0 Å². The number of aromatic nitrogens is 3. The van der Waals surface area contributed by atoms with Gasteiger partial charge in [-0.15, -0.1) is 0 Å². The van der Waals surface area contributed by atoms with Crippen LogP contribution in [0.1, 0.15) is 17.5 Å². The molecule has 4 heteroatoms. The van der Waals surface area contributed by atoms with E-state index in [1.165, 1.54) is 0 Å². The smallest absolute Gasteiger partial charge is 0.110 e. The van der Waals surface area contributed by atoms with Gasteiger partial charge in [-0.05, 0) is 29.8 Å². The van der Waals surface area contributed by atoms with Crippen LogP contribution in [0.15, 0.2) is 48.8 Å². The van der Waals surface area contributed by atoms with Gasteiger partial charge in [0.15, 0.2) is 0 Å². The zero-order valence-electron chi connectivity index (χ0n) is 9.74. The summed E-state index contributed by atoms with van der Waals surface area (Å²) in [6.07, 6.45) is 3.26. The van der Waals surface area contributed by atoms with Gasteiger partial charge in [0.05, 0.1) is 17.1 Å². The molecule has 0 aliphatic carbocycles. The van der Waals surface area contributed by atoms with E-state index in [2.05, 4.69) is 15.0 Å². The Balaban J connectivity index is 1.84. The van der Waals surface area contributed by atoms with E-state index in [0.29, 0.717) is 6.42 Å². The molecule has 0 spiro atoms. The number of fused-ring (bicyclic) bond motifs is 1. The van der Waals surface area contributed by atoms with Crippen molar-refractivity contribution in [3.8, 4) is 0 Å². The number of aliphatic hydroxyl groups is 1. The molecule has 2 N–H and O–H groups in total. The van der Waals surface area contributed by atoms with E-state index < -0.39 is 6.10 Å². The van der Waals surface area contributed by atoms with Crippen LogP contribution in [0.4, 0.5) is 0 Å². The number of H-pyrrole nitrogens is 1. The van der Waals surface area contributed by atoms with Crippen molar-refractivity contribution in [2.75, 3.05) is 0 Å². The molecule has 3 aromatic rings. The standard InChI is InChI=1S/C14H13N3O/c18-13(10-5-7-15-8-6-10)9-14-16-11-3-1-2-4-12(11)17-14/h1-8,13,18H,9H2,(H,16,17)/t13-/m0/s1. The Hall–Kier alpha value is -2.20. The number of para-hydroxylation sites is 2. The maximum absolute atomic E-state index is 10.1. The molecule has 1 atom stereocenters. The van der Waals surface area contributed by atoms with Crippen LogP contribution in [-0.2, 0) is 6.42 Å². The largest absolute Gasteiger partial charge is 0.388 e. The average Bonchev–Trinajstić information content (AvgIpc) is 2.82. The summed E-state index contributed by atoms with van der Waals surface area (Å²) in [5, 5.41) is 10.1. The van der Waals surface area contributed by atoms with Crippen molar-refractivity contribution < 1.29 is 5.11 Å². The minimum atomic E-state index is -0.562. The van der Waals surface area contributed by atoms with Crippen molar-refractivity contribution in [2.45, 2.75) is 12.5 Å². The summed E-state index contributed by atoms with van der Waals surface area (Å²) in [5.74, 6) is 0.792. The summed E-state index contributed by atoms with van der Waals surface area (Å²) >= 11 is 0. The number of rotatable bonds is 3. The van der Waals surface area contributed by atoms with E-state index in [9.17, 15) is 5.11 Å². The molecule has 0 amide bonds. The molecule has 4 nitrogen and oxygen atoms in total. The highest BCUT2D eigenvalue weighted by molar-refractivity contribution is 5.74. The molecule has 90 valence electrons. The van der Waals surface area contributed by atoms with Crippen molar-refractivity contribution in [3.63, 3.8) is 0 Å². The molecule has 0 aliphatic rings. The zero-order valence-corrected chi connectivity index (χ0v) is 9.74. The van der Waals surface area contributed by atoms with Crippen molar-refractivity contribution in [1.82, 2.24) is 15.0 Å². The first kappa shape index (κ1) is 10.9. The van der Waals surface area contributed by atoms with Gasteiger partial charge < -0.3 is 10.1 Å². The Bertz CT molecular complexity index is 615. The first-order valence-corrected chi connectivity index (χ1v) is 5.84. The van der Waals surface area contributed by atoms with Crippen LogP contribution < -0.4 is 0 Å². The number of aliphatic hydroxyl groups excluding tert-OH is 1. The molecule has 0 unspecified atom stereocenters. The maximum atomic E-state index is 10.1. The monoisotopic (exact) mass is 239 g/mol. The summed E-state index contributed by atoms with van der Waals surface area (Å²) in [6.45, 7) is 0. The fourth-order valence-corrected chi connectivity index (χ4v) is 1.99. The van der Waals surface area contributed by atoms with Crippen LogP contribution in [0.25, 0.3) is 11.0 Å². The predicted molar refractivity (Wildman–Crippen MR) is 69.0 cm³/mol. The molecule has 1 aromatic carbocycles. The van der Waals surface area contributed by atoms with Gasteiger partial charge in [0.1, 0.15) is 5.82 Å². The summed E-state index contributed by atoms with van der Waals surface area (Å²) < 4.78 is 0. The van der Waals surface area contributed by atoms with Crippen molar-refractivity contribution in [2.24, 2.45) is 0 Å². The van der Waals surface area contributed by atoms with Gasteiger partial charge in [-0.1, -0.05) is 12.1 Å². The number of hydrogen-bond donors (Lipinski definition) is 2. The minimum absolute atomic E-state index is 0.471. The first-order valence-electron chi connectivity index (χ1n) is 5.84. The number of pyridine rings is 1. The van der Waals surface area contributed by atoms with Gasteiger partial charge in [-0.3, -0.25) is 4.98 Å². The second kappa shape index (κ2) is 4.58. The molecule has 0 radical (unpaired) electrons. The summed E-state index contributed by atoms with van der Waals surface area (Å²) in [7, 11) is 0. The van der Waals surface area contributed by atoms with E-state index in [4.69, 9.17) is 0 Å². The van der Waals surface area contributed by atoms with Crippen LogP contribution in [0.2, 0.25) is 0 Å². The first-order chi connectivity index (χ1) is 8.83. The highest BCUT2D eigenvalue weighted by Crippen LogP contribution is 2.18. The summed E-state index contributed by atoms with van der Waals surface area (Å²) in [4.78, 5) is 11.6. The molecule has 3 rings (SSSR count). The van der Waals surface area contributed by atoms with Gasteiger partial charge in [0, 0.05) is 18.8 Å². The van der Waals surface area contributed by atoms with Crippen LogP contribution in [-0.4, -0.2) is 20.1 Å². The van der Waals surface area contributed by atoms with E-state index >= 15 is 0 Å². The predicted octanol–water partition coefficient (Wildman–Crippen LogP) is 2.23. The Kier molecular flexibility index (Phi) is 2.78. The summed E-state index contributed by atoms with van der Waals surface area (Å²) in [5.41, 5.74) is 2.77. The second-order valence-electron chi connectivity index (χ2n) is 4.20. The lowest BCUT2D eigenvalue weighted by molar-refractivity contribution is 0.176. The minimum Gasteiger partial charge on any atom is -0.388 e. The maximum Gasteiger partial charge on any atom is 0.110 e. The third kappa shape index (κ3) is 2.10. The van der Waals surface area contributed by atoms with Gasteiger partial charge in [0.2, 0.25) is 0 Å². The van der Waals surface area contributed by atoms with Crippen molar-refractivity contribution in [1.29, 1.82) is 0 Å². The quantitative estimate of drug-likeness (QED) is 0.736. The highest BCUT2D eigenvalue weighted by Gasteiger charge is 2.11. The molecule has 0 saturated carbocycles. The van der Waals surface area contributed by atoms with Crippen molar-refractivity contribution in [3.05, 3.63) is 60.2 Å². The number of imidazole rings is 1. The molecule has 0 saturated heterocycles. The van der Waals surface area contributed by atoms with E-state index in [1.54, 1.807) is 12.4 Å². The molecule has 2 aromatic heterocycles.